The molecule has 2 aromatic rings. The Balaban J connectivity index is 2.21. The van der Waals surface area contributed by atoms with E-state index in [-0.39, 0.29) is 17.6 Å². The Morgan fingerprint density at radius 1 is 1.15 bits per heavy atom. The predicted molar refractivity (Wildman–Crippen MR) is 86.8 cm³/mol. The fourth-order valence-electron chi connectivity index (χ4n) is 1.88. The van der Waals surface area contributed by atoms with Crippen molar-refractivity contribution in [3.63, 3.8) is 0 Å². The van der Waals surface area contributed by atoms with Crippen LogP contribution in [0.3, 0.4) is 0 Å². The number of ether oxygens (including phenoxy) is 1. The molecule has 1 N–H and O–H groups in total. The van der Waals surface area contributed by atoms with Crippen molar-refractivity contribution in [3.05, 3.63) is 56.7 Å². The van der Waals surface area contributed by atoms with Gasteiger partial charge in [-0.05, 0) is 58.7 Å². The molecule has 1 atom stereocenters. The van der Waals surface area contributed by atoms with Gasteiger partial charge in [-0.2, -0.15) is 0 Å². The highest BCUT2D eigenvalue weighted by molar-refractivity contribution is 9.11. The van der Waals surface area contributed by atoms with E-state index in [9.17, 15) is 4.39 Å². The van der Waals surface area contributed by atoms with E-state index >= 15 is 0 Å². The van der Waals surface area contributed by atoms with Gasteiger partial charge in [0.05, 0.1) is 12.8 Å². The topological polar surface area (TPSA) is 21.3 Å². The zero-order valence-electron chi connectivity index (χ0n) is 11.1. The average Bonchev–Trinajstić information content (AvgIpc) is 2.42. The van der Waals surface area contributed by atoms with Crippen molar-refractivity contribution in [2.24, 2.45) is 0 Å². The SMILES string of the molecule is COc1ccc(C(C)Nc2cc(Br)ccc2Br)cc1F. The van der Waals surface area contributed by atoms with E-state index in [4.69, 9.17) is 4.74 Å². The van der Waals surface area contributed by atoms with Crippen LogP contribution in [0.25, 0.3) is 0 Å². The molecule has 2 nitrogen and oxygen atoms in total. The smallest absolute Gasteiger partial charge is 0.165 e. The molecule has 20 heavy (non-hydrogen) atoms. The fourth-order valence-corrected chi connectivity index (χ4v) is 2.60. The normalized spacial score (nSPS) is 12.1. The van der Waals surface area contributed by atoms with E-state index in [0.29, 0.717) is 0 Å². The quantitative estimate of drug-likeness (QED) is 0.725. The Bertz CT molecular complexity index is 619. The van der Waals surface area contributed by atoms with Gasteiger partial charge in [-0.25, -0.2) is 4.39 Å². The molecule has 5 heteroatoms. The second-order valence-electron chi connectivity index (χ2n) is 4.38. The Hall–Kier alpha value is -1.07. The van der Waals surface area contributed by atoms with Crippen LogP contribution in [0, 0.1) is 5.82 Å². The van der Waals surface area contributed by atoms with Crippen LogP contribution in [0.5, 0.6) is 5.75 Å². The van der Waals surface area contributed by atoms with Gasteiger partial charge >= 0.3 is 0 Å². The van der Waals surface area contributed by atoms with Crippen LogP contribution in [0.15, 0.2) is 45.3 Å². The number of methoxy groups -OCH3 is 1. The van der Waals surface area contributed by atoms with E-state index in [0.717, 1.165) is 20.2 Å². The van der Waals surface area contributed by atoms with Crippen LogP contribution >= 0.6 is 31.9 Å². The molecule has 106 valence electrons. The molecule has 2 rings (SSSR count). The number of hydrogen-bond donors (Lipinski definition) is 1. The second kappa shape index (κ2) is 6.59. The first kappa shape index (κ1) is 15.3. The molecule has 0 aromatic heterocycles. The minimum Gasteiger partial charge on any atom is -0.494 e. The number of nitrogens with one attached hydrogen (secondary N) is 1. The van der Waals surface area contributed by atoms with Crippen LogP contribution in [0.1, 0.15) is 18.5 Å². The first-order valence-electron chi connectivity index (χ1n) is 6.06. The largest absolute Gasteiger partial charge is 0.494 e. The van der Waals surface area contributed by atoms with Crippen molar-refractivity contribution in [2.75, 3.05) is 12.4 Å². The second-order valence-corrected chi connectivity index (χ2v) is 6.15. The maximum absolute atomic E-state index is 13.7. The third-order valence-electron chi connectivity index (χ3n) is 2.98. The zero-order chi connectivity index (χ0) is 14.7. The Morgan fingerprint density at radius 3 is 2.55 bits per heavy atom. The van der Waals surface area contributed by atoms with E-state index in [2.05, 4.69) is 37.2 Å². The summed E-state index contributed by atoms with van der Waals surface area (Å²) in [4.78, 5) is 0. The molecule has 0 saturated heterocycles. The lowest BCUT2D eigenvalue weighted by molar-refractivity contribution is 0.386. The summed E-state index contributed by atoms with van der Waals surface area (Å²) in [5.74, 6) is -0.100. The van der Waals surface area contributed by atoms with Crippen molar-refractivity contribution in [2.45, 2.75) is 13.0 Å². The molecule has 0 aliphatic carbocycles. The van der Waals surface area contributed by atoms with Crippen LogP contribution in [0.4, 0.5) is 10.1 Å². The van der Waals surface area contributed by atoms with Gasteiger partial charge in [0, 0.05) is 15.0 Å². The molecule has 0 saturated carbocycles. The number of hydrogen-bond acceptors (Lipinski definition) is 2. The van der Waals surface area contributed by atoms with Crippen molar-refractivity contribution in [1.29, 1.82) is 0 Å². The summed E-state index contributed by atoms with van der Waals surface area (Å²) in [6.07, 6.45) is 0. The van der Waals surface area contributed by atoms with Crippen LogP contribution in [0.2, 0.25) is 0 Å². The third kappa shape index (κ3) is 3.52. The average molecular weight is 403 g/mol. The van der Waals surface area contributed by atoms with Gasteiger partial charge in [0.25, 0.3) is 0 Å². The van der Waals surface area contributed by atoms with Crippen molar-refractivity contribution >= 4 is 37.5 Å². The molecule has 0 fully saturated rings. The molecule has 0 amide bonds. The number of rotatable bonds is 4. The summed E-state index contributed by atoms with van der Waals surface area (Å²) in [6, 6.07) is 10.8. The summed E-state index contributed by atoms with van der Waals surface area (Å²) in [5, 5.41) is 3.35. The summed E-state index contributed by atoms with van der Waals surface area (Å²) in [6.45, 7) is 1.98. The molecule has 0 spiro atoms. The number of anilines is 1. The molecule has 2 aromatic carbocycles. The van der Waals surface area contributed by atoms with Crippen LogP contribution in [-0.2, 0) is 0 Å². The van der Waals surface area contributed by atoms with Gasteiger partial charge in [0.15, 0.2) is 11.6 Å². The first-order chi connectivity index (χ1) is 9.51. The van der Waals surface area contributed by atoms with E-state index in [1.807, 2.05) is 31.2 Å². The van der Waals surface area contributed by atoms with Gasteiger partial charge in [0.1, 0.15) is 0 Å². The zero-order valence-corrected chi connectivity index (χ0v) is 14.3. The van der Waals surface area contributed by atoms with Gasteiger partial charge in [-0.3, -0.25) is 0 Å². The van der Waals surface area contributed by atoms with Crippen molar-refractivity contribution in [3.8, 4) is 5.75 Å². The minimum absolute atomic E-state index is 0.0268. The highest BCUT2D eigenvalue weighted by Gasteiger charge is 2.11. The van der Waals surface area contributed by atoms with Crippen LogP contribution < -0.4 is 10.1 Å². The van der Waals surface area contributed by atoms with Gasteiger partial charge in [-0.15, -0.1) is 0 Å². The predicted octanol–water partition coefficient (Wildman–Crippen LogP) is 5.53. The highest BCUT2D eigenvalue weighted by atomic mass is 79.9. The molecule has 0 aliphatic rings. The number of halogens is 3. The molecule has 0 bridgehead atoms. The van der Waals surface area contributed by atoms with Crippen LogP contribution in [-0.4, -0.2) is 7.11 Å². The van der Waals surface area contributed by atoms with Crippen molar-refractivity contribution < 1.29 is 9.13 Å². The summed E-state index contributed by atoms with van der Waals surface area (Å²) in [5.41, 5.74) is 1.80. The molecular weight excluding hydrogens is 389 g/mol. The maximum Gasteiger partial charge on any atom is 0.165 e. The minimum atomic E-state index is -0.355. The lowest BCUT2D eigenvalue weighted by Gasteiger charge is -2.18. The summed E-state index contributed by atoms with van der Waals surface area (Å²) in [7, 11) is 1.46. The van der Waals surface area contributed by atoms with Gasteiger partial charge in [0.2, 0.25) is 0 Å². The first-order valence-corrected chi connectivity index (χ1v) is 7.65. The molecule has 0 aliphatic heterocycles. The lowest BCUT2D eigenvalue weighted by atomic mass is 10.1. The molecule has 0 heterocycles. The van der Waals surface area contributed by atoms with E-state index in [1.165, 1.54) is 13.2 Å². The fraction of sp³-hybridized carbons (Fsp3) is 0.200. The standard InChI is InChI=1S/C15H14Br2FNO/c1-9(10-3-6-15(20-2)13(18)7-10)19-14-8-11(16)4-5-12(14)17/h3-9,19H,1-2H3. The van der Waals surface area contributed by atoms with E-state index < -0.39 is 0 Å². The van der Waals surface area contributed by atoms with Gasteiger partial charge in [-0.1, -0.05) is 22.0 Å². The van der Waals surface area contributed by atoms with E-state index in [1.54, 1.807) is 6.07 Å². The summed E-state index contributed by atoms with van der Waals surface area (Å²) < 4.78 is 20.6. The Morgan fingerprint density at radius 2 is 1.90 bits per heavy atom. The Labute approximate surface area is 134 Å². The molecular formula is C15H14Br2FNO. The molecule has 1 unspecified atom stereocenters. The Kier molecular flexibility index (Phi) is 5.05. The number of benzene rings is 2. The van der Waals surface area contributed by atoms with Crippen molar-refractivity contribution in [1.82, 2.24) is 0 Å². The monoisotopic (exact) mass is 401 g/mol. The highest BCUT2D eigenvalue weighted by Crippen LogP contribution is 2.30. The summed E-state index contributed by atoms with van der Waals surface area (Å²) >= 11 is 6.93. The van der Waals surface area contributed by atoms with Gasteiger partial charge < -0.3 is 10.1 Å². The molecule has 0 radical (unpaired) electrons. The lowest BCUT2D eigenvalue weighted by Crippen LogP contribution is -2.07. The maximum atomic E-state index is 13.7. The third-order valence-corrected chi connectivity index (χ3v) is 4.16.